The molecule has 0 aliphatic carbocycles. The molecular weight excluding hydrogens is 322 g/mol. The molecule has 0 aliphatic rings. The predicted octanol–water partition coefficient (Wildman–Crippen LogP) is 4.21. The van der Waals surface area contributed by atoms with Crippen molar-refractivity contribution in [2.75, 3.05) is 10.6 Å². The summed E-state index contributed by atoms with van der Waals surface area (Å²) in [7, 11) is 0. The number of benzene rings is 2. The van der Waals surface area contributed by atoms with Crippen LogP contribution >= 0.6 is 11.8 Å². The molecule has 2 amide bonds. The van der Waals surface area contributed by atoms with Gasteiger partial charge in [-0.05, 0) is 42.5 Å². The zero-order valence-electron chi connectivity index (χ0n) is 12.2. The summed E-state index contributed by atoms with van der Waals surface area (Å²) in [6.07, 6.45) is 0. The average Bonchev–Trinajstić information content (AvgIpc) is 2.47. The maximum absolute atomic E-state index is 12.2. The van der Waals surface area contributed by atoms with Crippen molar-refractivity contribution in [3.8, 4) is 0 Å². The van der Waals surface area contributed by atoms with Gasteiger partial charge in [0, 0.05) is 28.8 Å². The van der Waals surface area contributed by atoms with Crippen molar-refractivity contribution in [1.82, 2.24) is 0 Å². The van der Waals surface area contributed by atoms with Gasteiger partial charge in [0.25, 0.3) is 11.7 Å². The summed E-state index contributed by atoms with van der Waals surface area (Å²) < 4.78 is 24.5. The molecule has 0 spiro atoms. The Morgan fingerprint density at radius 2 is 1.61 bits per heavy atom. The molecule has 2 aromatic carbocycles. The molecule has 0 unspecified atom stereocenters. The molecule has 0 atom stereocenters. The van der Waals surface area contributed by atoms with E-state index in [0.29, 0.717) is 33.6 Å². The number of hydrogen-bond acceptors (Lipinski definition) is 3. The highest BCUT2D eigenvalue weighted by Crippen LogP contribution is 2.25. The van der Waals surface area contributed by atoms with Gasteiger partial charge in [0.05, 0.1) is 0 Å². The summed E-state index contributed by atoms with van der Waals surface area (Å²) in [5.41, 5.74) is 1.44. The van der Waals surface area contributed by atoms with Crippen LogP contribution in [0.5, 0.6) is 0 Å². The van der Waals surface area contributed by atoms with E-state index >= 15 is 0 Å². The molecule has 0 aromatic heterocycles. The first kappa shape index (κ1) is 17.0. The second-order valence-electron chi connectivity index (χ2n) is 4.62. The molecule has 0 aliphatic heterocycles. The molecule has 120 valence electrons. The van der Waals surface area contributed by atoms with Crippen molar-refractivity contribution in [1.29, 1.82) is 0 Å². The van der Waals surface area contributed by atoms with Crippen LogP contribution in [-0.2, 0) is 4.79 Å². The number of carbonyl (C=O) groups is 2. The second kappa shape index (κ2) is 7.73. The monoisotopic (exact) mass is 336 g/mol. The van der Waals surface area contributed by atoms with E-state index in [2.05, 4.69) is 10.6 Å². The maximum Gasteiger partial charge on any atom is 0.288 e. The number of rotatable bonds is 5. The number of nitrogens with one attached hydrogen (secondary N) is 2. The smallest absolute Gasteiger partial charge is 0.288 e. The van der Waals surface area contributed by atoms with Crippen molar-refractivity contribution >= 4 is 35.0 Å². The van der Waals surface area contributed by atoms with E-state index in [9.17, 15) is 18.4 Å². The topological polar surface area (TPSA) is 58.2 Å². The molecule has 0 fully saturated rings. The molecule has 0 saturated heterocycles. The third kappa shape index (κ3) is 5.37. The molecule has 4 nitrogen and oxygen atoms in total. The predicted molar refractivity (Wildman–Crippen MR) is 87.0 cm³/mol. The van der Waals surface area contributed by atoms with Crippen molar-refractivity contribution in [2.45, 2.75) is 17.6 Å². The van der Waals surface area contributed by atoms with Gasteiger partial charge in [0.1, 0.15) is 0 Å². The van der Waals surface area contributed by atoms with Crippen LogP contribution in [0, 0.1) is 0 Å². The van der Waals surface area contributed by atoms with Crippen LogP contribution in [0.1, 0.15) is 17.3 Å². The first-order valence-corrected chi connectivity index (χ1v) is 7.56. The van der Waals surface area contributed by atoms with Gasteiger partial charge < -0.3 is 10.6 Å². The third-order valence-electron chi connectivity index (χ3n) is 2.78. The summed E-state index contributed by atoms with van der Waals surface area (Å²) in [6.45, 7) is 1.39. The normalized spacial score (nSPS) is 10.4. The standard InChI is InChI=1S/C16H14F2N2O2S/c1-10(21)19-12-3-2-4-13(9-12)20-15(22)11-5-7-14(8-6-11)23-16(17)18/h2-9,16H,1H3,(H,19,21)(H,20,22). The van der Waals surface area contributed by atoms with Crippen molar-refractivity contribution in [3.63, 3.8) is 0 Å². The van der Waals surface area contributed by atoms with E-state index < -0.39 is 5.76 Å². The van der Waals surface area contributed by atoms with Crippen LogP contribution in [0.15, 0.2) is 53.4 Å². The lowest BCUT2D eigenvalue weighted by atomic mass is 10.2. The number of hydrogen-bond donors (Lipinski definition) is 2. The zero-order chi connectivity index (χ0) is 16.8. The summed E-state index contributed by atoms with van der Waals surface area (Å²) in [4.78, 5) is 23.5. The van der Waals surface area contributed by atoms with E-state index in [0.717, 1.165) is 0 Å². The van der Waals surface area contributed by atoms with Crippen molar-refractivity contribution in [2.24, 2.45) is 0 Å². The second-order valence-corrected chi connectivity index (χ2v) is 5.68. The Kier molecular flexibility index (Phi) is 5.70. The Morgan fingerprint density at radius 3 is 2.17 bits per heavy atom. The maximum atomic E-state index is 12.2. The van der Waals surface area contributed by atoms with Gasteiger partial charge in [-0.2, -0.15) is 8.78 Å². The van der Waals surface area contributed by atoms with Gasteiger partial charge >= 0.3 is 0 Å². The van der Waals surface area contributed by atoms with E-state index in [4.69, 9.17) is 0 Å². The zero-order valence-corrected chi connectivity index (χ0v) is 13.0. The SMILES string of the molecule is CC(=O)Nc1cccc(NC(=O)c2ccc(SC(F)F)cc2)c1. The Bertz CT molecular complexity index is 705. The van der Waals surface area contributed by atoms with E-state index in [1.165, 1.54) is 31.2 Å². The van der Waals surface area contributed by atoms with Crippen LogP contribution in [0.4, 0.5) is 20.2 Å². The lowest BCUT2D eigenvalue weighted by Crippen LogP contribution is -2.12. The lowest BCUT2D eigenvalue weighted by molar-refractivity contribution is -0.114. The Hall–Kier alpha value is -2.41. The molecule has 0 radical (unpaired) electrons. The van der Waals surface area contributed by atoms with Crippen LogP contribution < -0.4 is 10.6 Å². The number of thioether (sulfide) groups is 1. The van der Waals surface area contributed by atoms with Gasteiger partial charge in [-0.25, -0.2) is 0 Å². The van der Waals surface area contributed by atoms with Crippen molar-refractivity contribution < 1.29 is 18.4 Å². The highest BCUT2D eigenvalue weighted by Gasteiger charge is 2.09. The number of carbonyl (C=O) groups excluding carboxylic acids is 2. The molecule has 0 heterocycles. The minimum absolute atomic E-state index is 0.208. The summed E-state index contributed by atoms with van der Waals surface area (Å²) in [6, 6.07) is 12.6. The van der Waals surface area contributed by atoms with E-state index in [-0.39, 0.29) is 11.8 Å². The first-order chi connectivity index (χ1) is 10.9. The molecule has 7 heteroatoms. The largest absolute Gasteiger partial charge is 0.326 e. The lowest BCUT2D eigenvalue weighted by Gasteiger charge is -2.08. The molecule has 0 saturated carbocycles. The molecule has 0 bridgehead atoms. The molecule has 23 heavy (non-hydrogen) atoms. The van der Waals surface area contributed by atoms with Gasteiger partial charge in [-0.1, -0.05) is 17.8 Å². The minimum atomic E-state index is -2.49. The summed E-state index contributed by atoms with van der Waals surface area (Å²) >= 11 is 0.425. The van der Waals surface area contributed by atoms with Crippen LogP contribution in [0.3, 0.4) is 0 Å². The van der Waals surface area contributed by atoms with Gasteiger partial charge in [0.2, 0.25) is 5.91 Å². The highest BCUT2D eigenvalue weighted by molar-refractivity contribution is 7.99. The number of halogens is 2. The molecular formula is C16H14F2N2O2S. The van der Waals surface area contributed by atoms with Gasteiger partial charge in [0.15, 0.2) is 0 Å². The summed E-state index contributed by atoms with van der Waals surface area (Å²) in [5.74, 6) is -3.06. The third-order valence-corrected chi connectivity index (χ3v) is 3.50. The van der Waals surface area contributed by atoms with Crippen molar-refractivity contribution in [3.05, 3.63) is 54.1 Å². The fraction of sp³-hybridized carbons (Fsp3) is 0.125. The Morgan fingerprint density at radius 1 is 1.00 bits per heavy atom. The van der Waals surface area contributed by atoms with E-state index in [1.807, 2.05) is 0 Å². The number of anilines is 2. The Balaban J connectivity index is 2.05. The van der Waals surface area contributed by atoms with Crippen LogP contribution in [0.25, 0.3) is 0 Å². The average molecular weight is 336 g/mol. The highest BCUT2D eigenvalue weighted by atomic mass is 32.2. The van der Waals surface area contributed by atoms with Gasteiger partial charge in [-0.15, -0.1) is 0 Å². The quantitative estimate of drug-likeness (QED) is 0.804. The minimum Gasteiger partial charge on any atom is -0.326 e. The first-order valence-electron chi connectivity index (χ1n) is 6.68. The fourth-order valence-corrected chi connectivity index (χ4v) is 2.37. The molecule has 2 aromatic rings. The molecule has 2 rings (SSSR count). The Labute approximate surface area is 136 Å². The van der Waals surface area contributed by atoms with Crippen LogP contribution in [0.2, 0.25) is 0 Å². The van der Waals surface area contributed by atoms with Gasteiger partial charge in [-0.3, -0.25) is 9.59 Å². The van der Waals surface area contributed by atoms with E-state index in [1.54, 1.807) is 24.3 Å². The number of amides is 2. The number of alkyl halides is 2. The summed E-state index contributed by atoms with van der Waals surface area (Å²) in [5, 5.41) is 5.31. The molecule has 2 N–H and O–H groups in total. The fourth-order valence-electron chi connectivity index (χ4n) is 1.87. The van der Waals surface area contributed by atoms with Crippen LogP contribution in [-0.4, -0.2) is 17.6 Å².